The van der Waals surface area contributed by atoms with Crippen molar-refractivity contribution in [2.45, 2.75) is 97.1 Å². The van der Waals surface area contributed by atoms with Gasteiger partial charge in [0.1, 0.15) is 0 Å². The molecule has 4 amide bonds. The molecule has 3 rings (SSSR count). The summed E-state index contributed by atoms with van der Waals surface area (Å²) in [7, 11) is 6.58. The molecule has 7 atom stereocenters. The number of likely N-dealkylation sites (N-methyl/N-ethyl adjacent to an activating group) is 2. The number of aromatic nitrogens is 1. The Morgan fingerprint density at radius 1 is 1.00 bits per heavy atom. The number of ether oxygens (including phenoxy) is 2. The van der Waals surface area contributed by atoms with E-state index < -0.39 is 30.2 Å². The summed E-state index contributed by atoms with van der Waals surface area (Å²) in [4.78, 5) is 61.5. The van der Waals surface area contributed by atoms with E-state index in [0.717, 1.165) is 35.9 Å². The SMILES string of the molecule is CCC(C)C(C(CC(=O)N1CCCC1C(OC)C(C)C(=O)NCCc1ccc2ccccc2n1)OC)N(C)C(=O)CNC(=O)C(NC)C(C)C. The Bertz CT molecular complexity index is 1420. The van der Waals surface area contributed by atoms with Crippen molar-refractivity contribution in [2.75, 3.05) is 47.9 Å². The molecule has 0 radical (unpaired) electrons. The standard InChI is InChI=1S/C38H60N6O6/c1-10-25(4)35(43(7)33(46)23-41-38(48)34(39-6)24(2)3)31(49-8)22-32(45)44-21-13-16-30(44)36(50-9)26(5)37(47)40-20-19-28-18-17-27-14-11-12-15-29(27)42-28/h11-12,14-15,17-18,24-26,30-31,34-36,39H,10,13,16,19-23H2,1-9H3,(H,40,47)(H,41,48). The van der Waals surface area contributed by atoms with Crippen LogP contribution in [0, 0.1) is 17.8 Å². The Kier molecular flexibility index (Phi) is 16.1. The molecule has 3 N–H and O–H groups in total. The predicted octanol–water partition coefficient (Wildman–Crippen LogP) is 3.17. The van der Waals surface area contributed by atoms with E-state index in [2.05, 4.69) is 16.0 Å². The second-order valence-electron chi connectivity index (χ2n) is 13.9. The highest BCUT2D eigenvalue weighted by molar-refractivity contribution is 5.88. The van der Waals surface area contributed by atoms with Crippen LogP contribution in [0.15, 0.2) is 36.4 Å². The van der Waals surface area contributed by atoms with Crippen LogP contribution in [-0.2, 0) is 35.1 Å². The second kappa shape index (κ2) is 19.7. The maximum absolute atomic E-state index is 14.0. The molecule has 1 aromatic carbocycles. The largest absolute Gasteiger partial charge is 0.379 e. The fourth-order valence-corrected chi connectivity index (χ4v) is 7.21. The molecule has 1 aromatic heterocycles. The minimum atomic E-state index is -0.575. The van der Waals surface area contributed by atoms with E-state index in [4.69, 9.17) is 14.5 Å². The Morgan fingerprint density at radius 3 is 2.36 bits per heavy atom. The fraction of sp³-hybridized carbons (Fsp3) is 0.658. The monoisotopic (exact) mass is 696 g/mol. The lowest BCUT2D eigenvalue weighted by molar-refractivity contribution is -0.145. The highest BCUT2D eigenvalue weighted by atomic mass is 16.5. The third-order valence-electron chi connectivity index (χ3n) is 10.3. The third-order valence-corrected chi connectivity index (χ3v) is 10.3. The highest BCUT2D eigenvalue weighted by Gasteiger charge is 2.42. The molecule has 278 valence electrons. The maximum Gasteiger partial charge on any atom is 0.242 e. The summed E-state index contributed by atoms with van der Waals surface area (Å²) in [6.07, 6.45) is 1.88. The van der Waals surface area contributed by atoms with Crippen molar-refractivity contribution in [3.05, 3.63) is 42.1 Å². The topological polar surface area (TPSA) is 142 Å². The molecule has 2 heterocycles. The van der Waals surface area contributed by atoms with Crippen LogP contribution in [0.5, 0.6) is 0 Å². The number of fused-ring (bicyclic) bond motifs is 1. The molecule has 0 spiro atoms. The van der Waals surface area contributed by atoms with Gasteiger partial charge in [-0.3, -0.25) is 24.2 Å². The highest BCUT2D eigenvalue weighted by Crippen LogP contribution is 2.29. The van der Waals surface area contributed by atoms with Crippen molar-refractivity contribution in [1.29, 1.82) is 0 Å². The van der Waals surface area contributed by atoms with Crippen LogP contribution in [0.2, 0.25) is 0 Å². The first-order valence-electron chi connectivity index (χ1n) is 18.1. The summed E-state index contributed by atoms with van der Waals surface area (Å²) in [5.41, 5.74) is 1.83. The van der Waals surface area contributed by atoms with Gasteiger partial charge in [-0.2, -0.15) is 0 Å². The fourth-order valence-electron chi connectivity index (χ4n) is 7.21. The Morgan fingerprint density at radius 2 is 1.72 bits per heavy atom. The molecule has 0 aliphatic carbocycles. The zero-order valence-corrected chi connectivity index (χ0v) is 31.5. The number of nitrogens with zero attached hydrogens (tertiary/aromatic N) is 3. The zero-order chi connectivity index (χ0) is 37.0. The number of amides is 4. The number of likely N-dealkylation sites (tertiary alicyclic amines) is 1. The van der Waals surface area contributed by atoms with E-state index in [0.29, 0.717) is 19.5 Å². The van der Waals surface area contributed by atoms with Gasteiger partial charge in [-0.25, -0.2) is 0 Å². The predicted molar refractivity (Wildman–Crippen MR) is 195 cm³/mol. The Balaban J connectivity index is 1.63. The van der Waals surface area contributed by atoms with Gasteiger partial charge in [0.2, 0.25) is 23.6 Å². The third kappa shape index (κ3) is 10.5. The number of para-hydroxylation sites is 1. The van der Waals surface area contributed by atoms with Gasteiger partial charge in [0.05, 0.1) is 54.7 Å². The Labute approximate surface area is 298 Å². The van der Waals surface area contributed by atoms with Crippen LogP contribution in [0.25, 0.3) is 10.9 Å². The van der Waals surface area contributed by atoms with Crippen LogP contribution in [0.3, 0.4) is 0 Å². The van der Waals surface area contributed by atoms with Gasteiger partial charge in [-0.05, 0) is 43.9 Å². The molecule has 12 nitrogen and oxygen atoms in total. The molecular formula is C38H60N6O6. The van der Waals surface area contributed by atoms with Crippen molar-refractivity contribution >= 4 is 34.5 Å². The lowest BCUT2D eigenvalue weighted by Crippen LogP contribution is -2.55. The molecule has 0 bridgehead atoms. The number of nitrogens with one attached hydrogen (secondary N) is 3. The summed E-state index contributed by atoms with van der Waals surface area (Å²) in [6.45, 7) is 10.6. The number of rotatable bonds is 19. The van der Waals surface area contributed by atoms with E-state index in [9.17, 15) is 19.2 Å². The van der Waals surface area contributed by atoms with Gasteiger partial charge >= 0.3 is 0 Å². The van der Waals surface area contributed by atoms with E-state index >= 15 is 0 Å². The average molecular weight is 697 g/mol. The molecule has 1 aliphatic rings. The van der Waals surface area contributed by atoms with E-state index in [1.54, 1.807) is 33.2 Å². The minimum Gasteiger partial charge on any atom is -0.379 e. The number of methoxy groups -OCH3 is 2. The quantitative estimate of drug-likeness (QED) is 0.204. The number of carbonyl (C=O) groups excluding carboxylic acids is 4. The lowest BCUT2D eigenvalue weighted by Gasteiger charge is -2.39. The normalized spacial score (nSPS) is 18.3. The average Bonchev–Trinajstić information content (AvgIpc) is 3.60. The molecule has 12 heteroatoms. The Hall–Kier alpha value is -3.61. The van der Waals surface area contributed by atoms with Gasteiger partial charge in [-0.15, -0.1) is 0 Å². The van der Waals surface area contributed by atoms with Crippen LogP contribution in [0.1, 0.15) is 66.0 Å². The number of pyridine rings is 1. The maximum atomic E-state index is 14.0. The number of carbonyl (C=O) groups is 4. The lowest BCUT2D eigenvalue weighted by atomic mass is 9.90. The van der Waals surface area contributed by atoms with E-state index in [1.165, 1.54) is 0 Å². The van der Waals surface area contributed by atoms with Crippen LogP contribution in [-0.4, -0.2) is 117 Å². The van der Waals surface area contributed by atoms with Crippen LogP contribution < -0.4 is 16.0 Å². The molecule has 7 unspecified atom stereocenters. The van der Waals surface area contributed by atoms with Crippen molar-refractivity contribution < 1.29 is 28.7 Å². The molecule has 0 saturated carbocycles. The number of hydrogen-bond acceptors (Lipinski definition) is 8. The van der Waals surface area contributed by atoms with E-state index in [1.807, 2.05) is 75.9 Å². The van der Waals surface area contributed by atoms with Gasteiger partial charge in [0.25, 0.3) is 0 Å². The first-order chi connectivity index (χ1) is 23.9. The first kappa shape index (κ1) is 40.8. The van der Waals surface area contributed by atoms with Crippen molar-refractivity contribution in [2.24, 2.45) is 17.8 Å². The molecule has 1 aliphatic heterocycles. The van der Waals surface area contributed by atoms with Crippen LogP contribution >= 0.6 is 0 Å². The second-order valence-corrected chi connectivity index (χ2v) is 13.9. The van der Waals surface area contributed by atoms with Crippen molar-refractivity contribution in [3.8, 4) is 0 Å². The smallest absolute Gasteiger partial charge is 0.242 e. The molecule has 1 fully saturated rings. The molecular weight excluding hydrogens is 636 g/mol. The van der Waals surface area contributed by atoms with Crippen LogP contribution in [0.4, 0.5) is 0 Å². The molecule has 2 aromatic rings. The number of hydrogen-bond donors (Lipinski definition) is 3. The summed E-state index contributed by atoms with van der Waals surface area (Å²) in [5.74, 6) is -1.14. The van der Waals surface area contributed by atoms with Crippen molar-refractivity contribution in [3.63, 3.8) is 0 Å². The van der Waals surface area contributed by atoms with Crippen molar-refractivity contribution in [1.82, 2.24) is 30.7 Å². The summed E-state index contributed by atoms with van der Waals surface area (Å²) < 4.78 is 11.8. The summed E-state index contributed by atoms with van der Waals surface area (Å²) in [5, 5.41) is 9.88. The molecule has 50 heavy (non-hydrogen) atoms. The first-order valence-corrected chi connectivity index (χ1v) is 18.1. The van der Waals surface area contributed by atoms with E-state index in [-0.39, 0.29) is 54.5 Å². The summed E-state index contributed by atoms with van der Waals surface area (Å²) in [6, 6.07) is 10.9. The van der Waals surface area contributed by atoms with Gasteiger partial charge in [0.15, 0.2) is 0 Å². The van der Waals surface area contributed by atoms with Gasteiger partial charge < -0.3 is 35.2 Å². The van der Waals surface area contributed by atoms with Gasteiger partial charge in [-0.1, -0.05) is 65.3 Å². The zero-order valence-electron chi connectivity index (χ0n) is 31.5. The number of benzene rings is 1. The van der Waals surface area contributed by atoms with Gasteiger partial charge in [0, 0.05) is 51.9 Å². The minimum absolute atomic E-state index is 0.0211. The molecule has 1 saturated heterocycles. The summed E-state index contributed by atoms with van der Waals surface area (Å²) >= 11 is 0.